The Hall–Kier alpha value is -0.100. The van der Waals surface area contributed by atoms with Gasteiger partial charge < -0.3 is 5.32 Å². The molecule has 0 fully saturated rings. The van der Waals surface area contributed by atoms with Crippen LogP contribution in [0.15, 0.2) is 18.2 Å². The number of nitrogens with one attached hydrogen (secondary N) is 1. The van der Waals surface area contributed by atoms with Gasteiger partial charge in [0.1, 0.15) is 0 Å². The first kappa shape index (κ1) is 15.0. The zero-order valence-electron chi connectivity index (χ0n) is 10.3. The number of carbonyl (C=O) groups excluding carboxylic acids is 1. The molecule has 0 aliphatic carbocycles. The lowest BCUT2D eigenvalue weighted by Crippen LogP contribution is -2.38. The minimum absolute atomic E-state index is 0.0124. The van der Waals surface area contributed by atoms with Gasteiger partial charge in [0.05, 0.1) is 5.56 Å². The van der Waals surface area contributed by atoms with Gasteiger partial charge in [-0.2, -0.15) is 0 Å². The number of amides is 1. The van der Waals surface area contributed by atoms with Crippen LogP contribution in [-0.2, 0) is 0 Å². The Bertz CT molecular complexity index is 408. The van der Waals surface area contributed by atoms with Gasteiger partial charge in [-0.05, 0) is 54.0 Å². The number of alkyl halides is 1. The minimum Gasteiger partial charge on any atom is -0.349 e. The van der Waals surface area contributed by atoms with E-state index in [0.717, 1.165) is 20.0 Å². The molecule has 1 amide bonds. The summed E-state index contributed by atoms with van der Waals surface area (Å²) in [6.07, 6.45) is 0. The lowest BCUT2D eigenvalue weighted by Gasteiger charge is -2.19. The van der Waals surface area contributed by atoms with E-state index in [-0.39, 0.29) is 11.9 Å². The Morgan fingerprint density at radius 1 is 1.47 bits per heavy atom. The largest absolute Gasteiger partial charge is 0.349 e. The molecular formula is C13H17BrINO. The van der Waals surface area contributed by atoms with Crippen molar-refractivity contribution in [2.75, 3.05) is 5.33 Å². The number of aryl methyl sites for hydroxylation is 1. The number of benzene rings is 1. The minimum atomic E-state index is 0.0124. The van der Waals surface area contributed by atoms with Gasteiger partial charge in [0.15, 0.2) is 0 Å². The van der Waals surface area contributed by atoms with Crippen LogP contribution in [0, 0.1) is 16.4 Å². The van der Waals surface area contributed by atoms with Crippen molar-refractivity contribution >= 4 is 44.4 Å². The number of carbonyl (C=O) groups is 1. The molecule has 2 nitrogen and oxygen atoms in total. The van der Waals surface area contributed by atoms with E-state index in [1.165, 1.54) is 0 Å². The van der Waals surface area contributed by atoms with Crippen LogP contribution in [0.1, 0.15) is 29.8 Å². The van der Waals surface area contributed by atoms with Crippen LogP contribution in [0.25, 0.3) is 0 Å². The monoisotopic (exact) mass is 409 g/mol. The highest BCUT2D eigenvalue weighted by molar-refractivity contribution is 14.1. The van der Waals surface area contributed by atoms with Gasteiger partial charge in [-0.1, -0.05) is 35.0 Å². The third-order valence-electron chi connectivity index (χ3n) is 2.89. The smallest absolute Gasteiger partial charge is 0.252 e. The molecule has 4 heteroatoms. The van der Waals surface area contributed by atoms with Crippen molar-refractivity contribution in [3.8, 4) is 0 Å². The number of hydrogen-bond acceptors (Lipinski definition) is 1. The number of rotatable bonds is 4. The van der Waals surface area contributed by atoms with Crippen LogP contribution in [0.2, 0.25) is 0 Å². The molecule has 0 radical (unpaired) electrons. The molecule has 0 heterocycles. The molecule has 0 spiro atoms. The Balaban J connectivity index is 2.80. The Morgan fingerprint density at radius 3 is 2.71 bits per heavy atom. The molecule has 0 aromatic heterocycles. The van der Waals surface area contributed by atoms with Crippen LogP contribution in [-0.4, -0.2) is 17.3 Å². The molecule has 2 atom stereocenters. The van der Waals surface area contributed by atoms with Crippen molar-refractivity contribution < 1.29 is 4.79 Å². The molecule has 1 N–H and O–H groups in total. The summed E-state index contributed by atoms with van der Waals surface area (Å²) in [5.41, 5.74) is 1.90. The highest BCUT2D eigenvalue weighted by Gasteiger charge is 2.16. The topological polar surface area (TPSA) is 29.1 Å². The van der Waals surface area contributed by atoms with Crippen molar-refractivity contribution in [2.45, 2.75) is 26.8 Å². The molecular weight excluding hydrogens is 393 g/mol. The molecule has 0 bridgehead atoms. The summed E-state index contributed by atoms with van der Waals surface area (Å²) in [5.74, 6) is 0.430. The molecule has 0 saturated heterocycles. The standard InChI is InChI=1S/C13H17BrINO/c1-8-5-4-6-11(12(8)15)13(17)16-10(3)9(2)7-14/h4-6,9-10H,7H2,1-3H3,(H,16,17). The van der Waals surface area contributed by atoms with Crippen molar-refractivity contribution in [3.05, 3.63) is 32.9 Å². The van der Waals surface area contributed by atoms with Gasteiger partial charge >= 0.3 is 0 Å². The zero-order chi connectivity index (χ0) is 13.0. The van der Waals surface area contributed by atoms with E-state index in [1.54, 1.807) is 0 Å². The second kappa shape index (κ2) is 6.73. The maximum Gasteiger partial charge on any atom is 0.252 e. The average molecular weight is 410 g/mol. The van der Waals surface area contributed by atoms with Gasteiger partial charge in [-0.25, -0.2) is 0 Å². The normalized spacial score (nSPS) is 14.2. The van der Waals surface area contributed by atoms with Gasteiger partial charge in [0.25, 0.3) is 5.91 Å². The summed E-state index contributed by atoms with van der Waals surface area (Å²) in [5, 5.41) is 3.93. The molecule has 94 valence electrons. The van der Waals surface area contributed by atoms with Crippen molar-refractivity contribution in [1.82, 2.24) is 5.32 Å². The molecule has 1 rings (SSSR count). The lowest BCUT2D eigenvalue weighted by atomic mass is 10.1. The second-order valence-electron chi connectivity index (χ2n) is 4.33. The number of halogens is 2. The van der Waals surface area contributed by atoms with Crippen LogP contribution in [0.5, 0.6) is 0 Å². The first-order valence-corrected chi connectivity index (χ1v) is 7.79. The van der Waals surface area contributed by atoms with E-state index in [1.807, 2.05) is 32.0 Å². The first-order valence-electron chi connectivity index (χ1n) is 5.59. The van der Waals surface area contributed by atoms with E-state index >= 15 is 0 Å². The summed E-state index contributed by atoms with van der Waals surface area (Å²) in [4.78, 5) is 12.1. The maximum absolute atomic E-state index is 12.1. The summed E-state index contributed by atoms with van der Waals surface area (Å²) in [6, 6.07) is 5.97. The molecule has 0 aliphatic heterocycles. The van der Waals surface area contributed by atoms with E-state index in [4.69, 9.17) is 0 Å². The Kier molecular flexibility index (Phi) is 5.92. The fraction of sp³-hybridized carbons (Fsp3) is 0.462. The number of hydrogen-bond donors (Lipinski definition) is 1. The molecule has 17 heavy (non-hydrogen) atoms. The van der Waals surface area contributed by atoms with E-state index < -0.39 is 0 Å². The second-order valence-corrected chi connectivity index (χ2v) is 6.06. The zero-order valence-corrected chi connectivity index (χ0v) is 14.0. The third-order valence-corrected chi connectivity index (χ3v) is 5.35. The quantitative estimate of drug-likeness (QED) is 0.595. The van der Waals surface area contributed by atoms with Crippen LogP contribution in [0.4, 0.5) is 0 Å². The average Bonchev–Trinajstić information content (AvgIpc) is 2.31. The SMILES string of the molecule is Cc1cccc(C(=O)NC(C)C(C)CBr)c1I. The fourth-order valence-corrected chi connectivity index (χ4v) is 2.55. The van der Waals surface area contributed by atoms with Gasteiger partial charge in [0.2, 0.25) is 0 Å². The Morgan fingerprint density at radius 2 is 2.12 bits per heavy atom. The highest BCUT2D eigenvalue weighted by atomic mass is 127. The predicted octanol–water partition coefficient (Wildman–Crippen LogP) is 3.75. The molecule has 0 saturated carbocycles. The predicted molar refractivity (Wildman–Crippen MR) is 83.8 cm³/mol. The van der Waals surface area contributed by atoms with E-state index in [2.05, 4.69) is 50.8 Å². The molecule has 1 aromatic rings. The molecule has 1 aromatic carbocycles. The van der Waals surface area contributed by atoms with Crippen LogP contribution in [0.3, 0.4) is 0 Å². The summed E-state index contributed by atoms with van der Waals surface area (Å²) < 4.78 is 1.03. The van der Waals surface area contributed by atoms with Crippen LogP contribution >= 0.6 is 38.5 Å². The van der Waals surface area contributed by atoms with Crippen molar-refractivity contribution in [3.63, 3.8) is 0 Å². The van der Waals surface area contributed by atoms with E-state index in [9.17, 15) is 4.79 Å². The molecule has 2 unspecified atom stereocenters. The molecule has 0 aliphatic rings. The Labute approximate surface area is 125 Å². The summed E-state index contributed by atoms with van der Waals surface area (Å²) in [7, 11) is 0. The van der Waals surface area contributed by atoms with Crippen molar-refractivity contribution in [2.24, 2.45) is 5.92 Å². The maximum atomic E-state index is 12.1. The summed E-state index contributed by atoms with van der Waals surface area (Å²) >= 11 is 5.66. The third kappa shape index (κ3) is 3.95. The van der Waals surface area contributed by atoms with E-state index in [0.29, 0.717) is 5.92 Å². The summed E-state index contributed by atoms with van der Waals surface area (Å²) in [6.45, 7) is 6.16. The van der Waals surface area contributed by atoms with Gasteiger partial charge in [-0.3, -0.25) is 4.79 Å². The van der Waals surface area contributed by atoms with Crippen molar-refractivity contribution in [1.29, 1.82) is 0 Å². The first-order chi connectivity index (χ1) is 7.97. The van der Waals surface area contributed by atoms with Crippen LogP contribution < -0.4 is 5.32 Å². The lowest BCUT2D eigenvalue weighted by molar-refractivity contribution is 0.0930. The van der Waals surface area contributed by atoms with Gasteiger partial charge in [0, 0.05) is 14.9 Å². The fourth-order valence-electron chi connectivity index (χ4n) is 1.38. The van der Waals surface area contributed by atoms with Gasteiger partial charge in [-0.15, -0.1) is 0 Å². The highest BCUT2D eigenvalue weighted by Crippen LogP contribution is 2.17.